The van der Waals surface area contributed by atoms with Crippen LogP contribution in [-0.4, -0.2) is 38.4 Å². The zero-order valence-electron chi connectivity index (χ0n) is 11.9. The number of aliphatic hydroxyl groups excluding tert-OH is 1. The minimum Gasteiger partial charge on any atom is -0.396 e. The Bertz CT molecular complexity index is 632. The van der Waals surface area contributed by atoms with Crippen molar-refractivity contribution >= 4 is 5.91 Å². The van der Waals surface area contributed by atoms with Crippen LogP contribution in [0.1, 0.15) is 23.2 Å². The molecule has 2 aromatic rings. The Balaban J connectivity index is 1.78. The molecule has 0 radical (unpaired) electrons. The number of nitrogens with zero attached hydrogens (tertiary/aromatic N) is 3. The van der Waals surface area contributed by atoms with Crippen LogP contribution in [0, 0.1) is 5.92 Å². The van der Waals surface area contributed by atoms with E-state index >= 15 is 0 Å². The molecule has 3 rings (SSSR count). The average Bonchev–Trinajstić information content (AvgIpc) is 2.85. The molecule has 6 heteroatoms. The van der Waals surface area contributed by atoms with Gasteiger partial charge in [0.15, 0.2) is 0 Å². The minimum absolute atomic E-state index is 0.115. The van der Waals surface area contributed by atoms with Crippen molar-refractivity contribution in [1.29, 1.82) is 0 Å². The molecule has 110 valence electrons. The first-order valence-corrected chi connectivity index (χ1v) is 7.03. The quantitative estimate of drug-likeness (QED) is 0.878. The van der Waals surface area contributed by atoms with Crippen LogP contribution in [0.25, 0.3) is 11.3 Å². The number of nitrogens with one attached hydrogen (secondary N) is 1. The van der Waals surface area contributed by atoms with E-state index in [0.717, 1.165) is 18.4 Å². The van der Waals surface area contributed by atoms with Gasteiger partial charge in [-0.1, -0.05) is 0 Å². The molecular weight excluding hydrogens is 268 g/mol. The van der Waals surface area contributed by atoms with Gasteiger partial charge in [-0.15, -0.1) is 0 Å². The number of rotatable bonds is 4. The summed E-state index contributed by atoms with van der Waals surface area (Å²) in [6.07, 6.45) is 6.78. The van der Waals surface area contributed by atoms with E-state index in [1.54, 1.807) is 30.3 Å². The fraction of sp³-hybridized carbons (Fsp3) is 0.400. The highest BCUT2D eigenvalue weighted by Crippen LogP contribution is 2.27. The average molecular weight is 286 g/mol. The molecule has 0 aliphatic heterocycles. The van der Waals surface area contributed by atoms with E-state index in [-0.39, 0.29) is 18.6 Å². The van der Waals surface area contributed by atoms with Gasteiger partial charge in [0.05, 0.1) is 5.56 Å². The van der Waals surface area contributed by atoms with Gasteiger partial charge in [-0.25, -0.2) is 0 Å². The van der Waals surface area contributed by atoms with Crippen LogP contribution < -0.4 is 5.32 Å². The van der Waals surface area contributed by atoms with Crippen LogP contribution in [-0.2, 0) is 7.05 Å². The first-order chi connectivity index (χ1) is 10.2. The molecule has 1 saturated carbocycles. The predicted molar refractivity (Wildman–Crippen MR) is 77.5 cm³/mol. The monoisotopic (exact) mass is 286 g/mol. The Morgan fingerprint density at radius 2 is 2.14 bits per heavy atom. The second kappa shape index (κ2) is 5.65. The molecule has 0 bridgehead atoms. The summed E-state index contributed by atoms with van der Waals surface area (Å²) in [5.74, 6) is 0.208. The Morgan fingerprint density at radius 3 is 2.81 bits per heavy atom. The van der Waals surface area contributed by atoms with E-state index in [2.05, 4.69) is 15.4 Å². The molecular formula is C15H18N4O2. The molecule has 1 aliphatic rings. The molecule has 0 aromatic carbocycles. The molecule has 1 fully saturated rings. The number of hydrogen-bond donors (Lipinski definition) is 2. The number of amides is 1. The second-order valence-electron chi connectivity index (χ2n) is 5.49. The first kappa shape index (κ1) is 13.8. The lowest BCUT2D eigenvalue weighted by molar-refractivity contribution is 0.0833. The molecule has 0 spiro atoms. The zero-order valence-corrected chi connectivity index (χ0v) is 11.9. The van der Waals surface area contributed by atoms with Crippen molar-refractivity contribution in [3.63, 3.8) is 0 Å². The highest BCUT2D eigenvalue weighted by Gasteiger charge is 2.30. The number of aryl methyl sites for hydroxylation is 1. The Morgan fingerprint density at radius 1 is 1.43 bits per heavy atom. The topological polar surface area (TPSA) is 80.0 Å². The molecule has 0 unspecified atom stereocenters. The largest absolute Gasteiger partial charge is 0.396 e. The molecule has 21 heavy (non-hydrogen) atoms. The van der Waals surface area contributed by atoms with Crippen LogP contribution in [0.3, 0.4) is 0 Å². The maximum atomic E-state index is 12.4. The Kier molecular flexibility index (Phi) is 3.70. The smallest absolute Gasteiger partial charge is 0.255 e. The zero-order chi connectivity index (χ0) is 14.8. The number of carbonyl (C=O) groups is 1. The van der Waals surface area contributed by atoms with Crippen molar-refractivity contribution < 1.29 is 9.90 Å². The Hall–Kier alpha value is -2.21. The van der Waals surface area contributed by atoms with Crippen LogP contribution in [0.5, 0.6) is 0 Å². The van der Waals surface area contributed by atoms with E-state index in [9.17, 15) is 4.79 Å². The molecule has 2 aromatic heterocycles. The molecule has 1 aliphatic carbocycles. The summed E-state index contributed by atoms with van der Waals surface area (Å²) in [6, 6.07) is 3.83. The number of pyridine rings is 1. The molecule has 2 N–H and O–H groups in total. The first-order valence-electron chi connectivity index (χ1n) is 7.03. The normalized spacial score (nSPS) is 20.9. The molecule has 0 saturated heterocycles. The summed E-state index contributed by atoms with van der Waals surface area (Å²) in [5.41, 5.74) is 2.10. The second-order valence-corrected chi connectivity index (χ2v) is 5.49. The Labute approximate surface area is 122 Å². The van der Waals surface area contributed by atoms with Crippen molar-refractivity contribution in [2.45, 2.75) is 18.9 Å². The number of hydrogen-bond acceptors (Lipinski definition) is 4. The van der Waals surface area contributed by atoms with Crippen molar-refractivity contribution in [1.82, 2.24) is 20.1 Å². The van der Waals surface area contributed by atoms with Crippen molar-refractivity contribution in [3.05, 3.63) is 36.3 Å². The predicted octanol–water partition coefficient (Wildman–Crippen LogP) is 0.983. The van der Waals surface area contributed by atoms with Crippen LogP contribution in [0.15, 0.2) is 30.7 Å². The van der Waals surface area contributed by atoms with Gasteiger partial charge in [0.1, 0.15) is 5.69 Å². The summed E-state index contributed by atoms with van der Waals surface area (Å²) in [6.45, 7) is 0.196. The summed E-state index contributed by atoms with van der Waals surface area (Å²) in [5, 5.41) is 16.4. The summed E-state index contributed by atoms with van der Waals surface area (Å²) < 4.78 is 1.64. The molecule has 0 atom stereocenters. The van der Waals surface area contributed by atoms with Gasteiger partial charge >= 0.3 is 0 Å². The van der Waals surface area contributed by atoms with E-state index in [1.807, 2.05) is 12.1 Å². The van der Waals surface area contributed by atoms with Gasteiger partial charge in [-0.05, 0) is 30.9 Å². The van der Waals surface area contributed by atoms with Crippen molar-refractivity contribution in [2.24, 2.45) is 13.0 Å². The van der Waals surface area contributed by atoms with E-state index < -0.39 is 0 Å². The lowest BCUT2D eigenvalue weighted by Crippen LogP contribution is -2.45. The minimum atomic E-state index is -0.115. The van der Waals surface area contributed by atoms with Crippen molar-refractivity contribution in [3.8, 4) is 11.3 Å². The lowest BCUT2D eigenvalue weighted by atomic mass is 9.81. The third kappa shape index (κ3) is 2.80. The summed E-state index contributed by atoms with van der Waals surface area (Å²) in [4.78, 5) is 16.4. The maximum Gasteiger partial charge on any atom is 0.255 e. The highest BCUT2D eigenvalue weighted by atomic mass is 16.3. The third-order valence-electron chi connectivity index (χ3n) is 3.86. The number of aliphatic hydroxyl groups is 1. The standard InChI is InChI=1S/C15H18N4O2/c1-19-8-13(14(18-19)11-2-4-16-5-3-11)15(21)17-12-6-10(7-12)9-20/h2-5,8,10,12,20H,6-7,9H2,1H3,(H,17,21). The summed E-state index contributed by atoms with van der Waals surface area (Å²) >= 11 is 0. The summed E-state index contributed by atoms with van der Waals surface area (Å²) in [7, 11) is 1.80. The third-order valence-corrected chi connectivity index (χ3v) is 3.86. The van der Waals surface area contributed by atoms with Gasteiger partial charge in [0.25, 0.3) is 5.91 Å². The fourth-order valence-corrected chi connectivity index (χ4v) is 2.64. The highest BCUT2D eigenvalue weighted by molar-refractivity contribution is 5.99. The lowest BCUT2D eigenvalue weighted by Gasteiger charge is -2.34. The number of aromatic nitrogens is 3. The van der Waals surface area contributed by atoms with Crippen LogP contribution in [0.4, 0.5) is 0 Å². The molecule has 6 nitrogen and oxygen atoms in total. The van der Waals surface area contributed by atoms with E-state index in [1.165, 1.54) is 0 Å². The van der Waals surface area contributed by atoms with Crippen LogP contribution in [0.2, 0.25) is 0 Å². The van der Waals surface area contributed by atoms with Crippen molar-refractivity contribution in [2.75, 3.05) is 6.61 Å². The maximum absolute atomic E-state index is 12.4. The van der Waals surface area contributed by atoms with Gasteiger partial charge in [-0.3, -0.25) is 14.5 Å². The van der Waals surface area contributed by atoms with Gasteiger partial charge in [0.2, 0.25) is 0 Å². The van der Waals surface area contributed by atoms with Gasteiger partial charge in [0, 0.05) is 43.9 Å². The van der Waals surface area contributed by atoms with E-state index in [0.29, 0.717) is 17.2 Å². The van der Waals surface area contributed by atoms with Gasteiger partial charge in [-0.2, -0.15) is 5.10 Å². The molecule has 1 amide bonds. The fourth-order valence-electron chi connectivity index (χ4n) is 2.64. The number of carbonyl (C=O) groups excluding carboxylic acids is 1. The SMILES string of the molecule is Cn1cc(C(=O)NC2CC(CO)C2)c(-c2ccncc2)n1. The molecule has 2 heterocycles. The van der Waals surface area contributed by atoms with Gasteiger partial charge < -0.3 is 10.4 Å². The van der Waals surface area contributed by atoms with E-state index in [4.69, 9.17) is 5.11 Å². The van der Waals surface area contributed by atoms with Crippen LogP contribution >= 0.6 is 0 Å².